The molecule has 0 spiro atoms. The first kappa shape index (κ1) is 19.8. The standard InChI is InChI=1S/C22H28NO4P/c23-22(15-27-28(24,25)26)11-10-21(14-22)20-9-8-18-12-17(6-7-19(18)13-20)16-4-2-1-3-5-16/h1-5,8-9,13,17,21H,6-7,10-12,14-15,23H2,(H2,24,25,26)/t17?,21-,22+/m0/s1. The normalized spacial score (nSPS) is 27.5. The summed E-state index contributed by atoms with van der Waals surface area (Å²) in [6.45, 7) is -0.0997. The summed E-state index contributed by atoms with van der Waals surface area (Å²) in [5, 5.41) is 0. The van der Waals surface area contributed by atoms with E-state index in [4.69, 9.17) is 15.5 Å². The second-order valence-electron chi connectivity index (χ2n) is 8.44. The fraction of sp³-hybridized carbons (Fsp3) is 0.455. The number of phosphoric ester groups is 1. The number of benzene rings is 2. The first-order valence-corrected chi connectivity index (χ1v) is 11.5. The summed E-state index contributed by atoms with van der Waals surface area (Å²) < 4.78 is 15.7. The van der Waals surface area contributed by atoms with Gasteiger partial charge in [-0.2, -0.15) is 0 Å². The number of hydrogen-bond acceptors (Lipinski definition) is 3. The van der Waals surface area contributed by atoms with Crippen molar-refractivity contribution in [3.8, 4) is 0 Å². The van der Waals surface area contributed by atoms with Crippen molar-refractivity contribution in [2.75, 3.05) is 6.61 Å². The van der Waals surface area contributed by atoms with E-state index in [1.54, 1.807) is 0 Å². The van der Waals surface area contributed by atoms with E-state index < -0.39 is 13.4 Å². The summed E-state index contributed by atoms with van der Waals surface area (Å²) in [6.07, 6.45) is 5.67. The van der Waals surface area contributed by atoms with Crippen LogP contribution in [0.2, 0.25) is 0 Å². The van der Waals surface area contributed by atoms with Crippen LogP contribution in [0.1, 0.15) is 59.8 Å². The van der Waals surface area contributed by atoms with Gasteiger partial charge in [0.2, 0.25) is 0 Å². The highest BCUT2D eigenvalue weighted by atomic mass is 31.2. The molecule has 0 saturated heterocycles. The maximum Gasteiger partial charge on any atom is 0.469 e. The van der Waals surface area contributed by atoms with E-state index in [2.05, 4.69) is 53.1 Å². The molecule has 4 rings (SSSR count). The average molecular weight is 401 g/mol. The van der Waals surface area contributed by atoms with E-state index in [0.717, 1.165) is 19.3 Å². The van der Waals surface area contributed by atoms with Crippen LogP contribution < -0.4 is 5.73 Å². The molecule has 4 N–H and O–H groups in total. The molecular weight excluding hydrogens is 373 g/mol. The average Bonchev–Trinajstić information content (AvgIpc) is 3.09. The Labute approximate surface area is 166 Å². The van der Waals surface area contributed by atoms with Gasteiger partial charge in [0.15, 0.2) is 0 Å². The summed E-state index contributed by atoms with van der Waals surface area (Å²) in [5.41, 5.74) is 11.3. The number of aryl methyl sites for hydroxylation is 1. The Kier molecular flexibility index (Phi) is 5.47. The fourth-order valence-corrected chi connectivity index (χ4v) is 5.25. The molecule has 1 fully saturated rings. The molecule has 0 bridgehead atoms. The molecule has 0 radical (unpaired) electrons. The summed E-state index contributed by atoms with van der Waals surface area (Å²) in [6, 6.07) is 17.6. The van der Waals surface area contributed by atoms with Gasteiger partial charge in [0.05, 0.1) is 6.61 Å². The van der Waals surface area contributed by atoms with Crippen LogP contribution in [0.3, 0.4) is 0 Å². The highest BCUT2D eigenvalue weighted by Crippen LogP contribution is 2.44. The maximum atomic E-state index is 11.0. The third kappa shape index (κ3) is 4.56. The minimum Gasteiger partial charge on any atom is -0.323 e. The Balaban J connectivity index is 1.44. The van der Waals surface area contributed by atoms with Crippen LogP contribution in [-0.4, -0.2) is 21.9 Å². The van der Waals surface area contributed by atoms with Gasteiger partial charge in [-0.25, -0.2) is 4.57 Å². The fourth-order valence-electron chi connectivity index (χ4n) is 4.82. The summed E-state index contributed by atoms with van der Waals surface area (Å²) in [4.78, 5) is 17.9. The zero-order valence-electron chi connectivity index (χ0n) is 16.0. The molecule has 2 aliphatic carbocycles. The van der Waals surface area contributed by atoms with E-state index >= 15 is 0 Å². The zero-order valence-corrected chi connectivity index (χ0v) is 16.9. The highest BCUT2D eigenvalue weighted by Gasteiger charge is 2.38. The van der Waals surface area contributed by atoms with E-state index in [1.165, 1.54) is 28.7 Å². The number of hydrogen-bond donors (Lipinski definition) is 3. The van der Waals surface area contributed by atoms with Crippen molar-refractivity contribution in [3.63, 3.8) is 0 Å². The molecule has 150 valence electrons. The Morgan fingerprint density at radius 3 is 2.57 bits per heavy atom. The Morgan fingerprint density at radius 2 is 1.82 bits per heavy atom. The van der Waals surface area contributed by atoms with Gasteiger partial charge in [0.25, 0.3) is 0 Å². The number of nitrogens with two attached hydrogens (primary N) is 1. The summed E-state index contributed by atoms with van der Waals surface area (Å²) in [7, 11) is -4.48. The molecule has 2 aromatic rings. The van der Waals surface area contributed by atoms with Gasteiger partial charge in [-0.05, 0) is 72.6 Å². The van der Waals surface area contributed by atoms with Crippen LogP contribution in [0.5, 0.6) is 0 Å². The molecule has 28 heavy (non-hydrogen) atoms. The lowest BCUT2D eigenvalue weighted by Gasteiger charge is -2.27. The smallest absolute Gasteiger partial charge is 0.323 e. The number of fused-ring (bicyclic) bond motifs is 1. The first-order valence-electron chi connectivity index (χ1n) is 9.97. The Morgan fingerprint density at radius 1 is 1.04 bits per heavy atom. The Hall–Kier alpha value is -1.49. The van der Waals surface area contributed by atoms with E-state index in [1.807, 2.05) is 0 Å². The van der Waals surface area contributed by atoms with Crippen molar-refractivity contribution >= 4 is 7.82 Å². The van der Waals surface area contributed by atoms with Crippen molar-refractivity contribution < 1.29 is 18.9 Å². The van der Waals surface area contributed by atoms with Crippen LogP contribution in [0.15, 0.2) is 48.5 Å². The molecule has 6 heteroatoms. The predicted octanol–water partition coefficient (Wildman–Crippen LogP) is 4.03. The third-order valence-corrected chi connectivity index (χ3v) is 6.83. The van der Waals surface area contributed by atoms with Crippen LogP contribution in [0, 0.1) is 0 Å². The van der Waals surface area contributed by atoms with Crippen molar-refractivity contribution in [1.82, 2.24) is 0 Å². The van der Waals surface area contributed by atoms with Crippen LogP contribution in [0.4, 0.5) is 0 Å². The molecule has 2 aliphatic rings. The monoisotopic (exact) mass is 401 g/mol. The predicted molar refractivity (Wildman–Crippen MR) is 109 cm³/mol. The quantitative estimate of drug-likeness (QED) is 0.658. The van der Waals surface area contributed by atoms with Crippen LogP contribution in [-0.2, 0) is 21.9 Å². The lowest BCUT2D eigenvalue weighted by atomic mass is 9.79. The topological polar surface area (TPSA) is 92.8 Å². The molecule has 5 nitrogen and oxygen atoms in total. The SMILES string of the molecule is N[C@]1(COP(=O)(O)O)CC[C@H](c2ccc3c(c2)CCC(c2ccccc2)C3)C1. The molecule has 0 aliphatic heterocycles. The molecule has 0 aromatic heterocycles. The zero-order chi connectivity index (χ0) is 19.8. The largest absolute Gasteiger partial charge is 0.469 e. The molecule has 0 amide bonds. The molecular formula is C22H28NO4P. The molecule has 1 unspecified atom stereocenters. The number of rotatable bonds is 5. The first-order chi connectivity index (χ1) is 13.3. The summed E-state index contributed by atoms with van der Waals surface area (Å²) >= 11 is 0. The molecule has 1 saturated carbocycles. The van der Waals surface area contributed by atoms with Gasteiger partial charge >= 0.3 is 7.82 Å². The Bertz CT molecular complexity index is 881. The van der Waals surface area contributed by atoms with Crippen LogP contribution >= 0.6 is 7.82 Å². The van der Waals surface area contributed by atoms with E-state index in [-0.39, 0.29) is 6.61 Å². The molecule has 0 heterocycles. The van der Waals surface area contributed by atoms with Gasteiger partial charge in [0, 0.05) is 5.54 Å². The van der Waals surface area contributed by atoms with Crippen molar-refractivity contribution in [3.05, 3.63) is 70.8 Å². The molecule has 2 aromatic carbocycles. The lowest BCUT2D eigenvalue weighted by Crippen LogP contribution is -2.41. The van der Waals surface area contributed by atoms with E-state index in [9.17, 15) is 4.57 Å². The third-order valence-electron chi connectivity index (χ3n) is 6.36. The minimum atomic E-state index is -4.48. The van der Waals surface area contributed by atoms with Crippen molar-refractivity contribution in [2.45, 2.75) is 55.9 Å². The second-order valence-corrected chi connectivity index (χ2v) is 9.68. The van der Waals surface area contributed by atoms with Gasteiger partial charge in [-0.1, -0.05) is 48.5 Å². The maximum absolute atomic E-state index is 11.0. The van der Waals surface area contributed by atoms with Gasteiger partial charge in [-0.3, -0.25) is 4.52 Å². The minimum absolute atomic E-state index is 0.0997. The summed E-state index contributed by atoms with van der Waals surface area (Å²) in [5.74, 6) is 0.912. The van der Waals surface area contributed by atoms with Crippen molar-refractivity contribution in [2.24, 2.45) is 5.73 Å². The molecule has 3 atom stereocenters. The van der Waals surface area contributed by atoms with Gasteiger partial charge in [-0.15, -0.1) is 0 Å². The van der Waals surface area contributed by atoms with Gasteiger partial charge < -0.3 is 15.5 Å². The van der Waals surface area contributed by atoms with Crippen LogP contribution in [0.25, 0.3) is 0 Å². The van der Waals surface area contributed by atoms with E-state index in [0.29, 0.717) is 24.7 Å². The lowest BCUT2D eigenvalue weighted by molar-refractivity contribution is 0.153. The second kappa shape index (κ2) is 7.74. The number of phosphoric acid groups is 1. The highest BCUT2D eigenvalue weighted by molar-refractivity contribution is 7.46. The van der Waals surface area contributed by atoms with Gasteiger partial charge in [0.1, 0.15) is 0 Å². The van der Waals surface area contributed by atoms with Crippen molar-refractivity contribution in [1.29, 1.82) is 0 Å².